The van der Waals surface area contributed by atoms with Crippen molar-refractivity contribution in [2.24, 2.45) is 0 Å². The fourth-order valence-corrected chi connectivity index (χ4v) is 3.08. The van der Waals surface area contributed by atoms with Crippen LogP contribution in [0.1, 0.15) is 5.56 Å². The van der Waals surface area contributed by atoms with Crippen LogP contribution in [0.3, 0.4) is 0 Å². The lowest BCUT2D eigenvalue weighted by molar-refractivity contribution is 0.625. The molecule has 0 aliphatic rings. The van der Waals surface area contributed by atoms with Crippen LogP contribution in [0.2, 0.25) is 0 Å². The van der Waals surface area contributed by atoms with Gasteiger partial charge in [-0.25, -0.2) is 4.39 Å². The van der Waals surface area contributed by atoms with E-state index >= 15 is 0 Å². The van der Waals surface area contributed by atoms with E-state index in [9.17, 15) is 4.39 Å². The topological polar surface area (TPSA) is 12.0 Å². The predicted molar refractivity (Wildman–Crippen MR) is 83.3 cm³/mol. The van der Waals surface area contributed by atoms with Gasteiger partial charge in [-0.2, -0.15) is 0 Å². The number of anilines is 1. The molecule has 1 N–H and O–H groups in total. The number of nitrogens with one attached hydrogen (secondary N) is 1. The van der Waals surface area contributed by atoms with Gasteiger partial charge in [0.05, 0.1) is 0 Å². The summed E-state index contributed by atoms with van der Waals surface area (Å²) in [6, 6.07) is 10.5. The molecule has 18 heavy (non-hydrogen) atoms. The van der Waals surface area contributed by atoms with Crippen molar-refractivity contribution < 1.29 is 4.39 Å². The Morgan fingerprint density at radius 2 is 1.72 bits per heavy atom. The molecule has 2 aromatic carbocycles. The second kappa shape index (κ2) is 6.17. The van der Waals surface area contributed by atoms with Gasteiger partial charge in [0.25, 0.3) is 0 Å². The molecule has 0 fully saturated rings. The van der Waals surface area contributed by atoms with Gasteiger partial charge in [0, 0.05) is 25.7 Å². The van der Waals surface area contributed by atoms with Crippen molar-refractivity contribution in [1.82, 2.24) is 0 Å². The van der Waals surface area contributed by atoms with Gasteiger partial charge in [-0.05, 0) is 57.9 Å². The monoisotopic (exact) mass is 435 g/mol. The van der Waals surface area contributed by atoms with Crippen LogP contribution in [0.4, 0.5) is 10.1 Å². The molecule has 0 bridgehead atoms. The molecule has 0 atom stereocenters. The van der Waals surface area contributed by atoms with Crippen molar-refractivity contribution in [2.75, 3.05) is 5.32 Å². The Morgan fingerprint density at radius 1 is 0.944 bits per heavy atom. The van der Waals surface area contributed by atoms with Gasteiger partial charge < -0.3 is 5.32 Å². The van der Waals surface area contributed by atoms with Crippen LogP contribution in [-0.2, 0) is 6.54 Å². The Balaban J connectivity index is 2.13. The van der Waals surface area contributed by atoms with E-state index in [4.69, 9.17) is 0 Å². The minimum Gasteiger partial charge on any atom is -0.380 e. The van der Waals surface area contributed by atoms with Crippen LogP contribution in [0.15, 0.2) is 49.8 Å². The third-order valence-corrected chi connectivity index (χ3v) is 4.33. The smallest absolute Gasteiger partial charge is 0.123 e. The number of hydrogen-bond acceptors (Lipinski definition) is 1. The van der Waals surface area contributed by atoms with Crippen molar-refractivity contribution in [3.05, 3.63) is 61.2 Å². The summed E-state index contributed by atoms with van der Waals surface area (Å²) in [6.45, 7) is 0.554. The highest BCUT2D eigenvalue weighted by atomic mass is 79.9. The highest BCUT2D eigenvalue weighted by molar-refractivity contribution is 9.11. The van der Waals surface area contributed by atoms with Gasteiger partial charge in [-0.3, -0.25) is 0 Å². The Hall–Kier alpha value is -0.390. The van der Waals surface area contributed by atoms with Crippen LogP contribution < -0.4 is 5.32 Å². The standard InChI is InChI=1S/C13H9Br3FN/c14-9-1-4-13(12(16)6-9)18-7-8-5-10(17)2-3-11(8)15/h1-6,18H,7H2. The Bertz CT molecular complexity index is 572. The normalized spacial score (nSPS) is 10.4. The molecule has 94 valence electrons. The summed E-state index contributed by atoms with van der Waals surface area (Å²) in [5, 5.41) is 3.26. The van der Waals surface area contributed by atoms with Gasteiger partial charge in [-0.15, -0.1) is 0 Å². The zero-order chi connectivity index (χ0) is 13.1. The number of halogens is 4. The second-order valence-electron chi connectivity index (χ2n) is 3.71. The highest BCUT2D eigenvalue weighted by Gasteiger charge is 2.04. The van der Waals surface area contributed by atoms with Crippen LogP contribution >= 0.6 is 47.8 Å². The molecule has 0 spiro atoms. The average Bonchev–Trinajstić information content (AvgIpc) is 2.32. The fraction of sp³-hybridized carbons (Fsp3) is 0.0769. The predicted octanol–water partition coefficient (Wildman–Crippen LogP) is 5.73. The molecule has 2 aromatic rings. The van der Waals surface area contributed by atoms with Crippen molar-refractivity contribution in [2.45, 2.75) is 6.54 Å². The lowest BCUT2D eigenvalue weighted by Crippen LogP contribution is -2.01. The molecule has 0 saturated carbocycles. The Morgan fingerprint density at radius 3 is 2.44 bits per heavy atom. The molecule has 0 heterocycles. The van der Waals surface area contributed by atoms with E-state index in [1.165, 1.54) is 12.1 Å². The van der Waals surface area contributed by atoms with Crippen LogP contribution in [-0.4, -0.2) is 0 Å². The molecule has 0 radical (unpaired) electrons. The second-order valence-corrected chi connectivity index (χ2v) is 6.34. The molecule has 5 heteroatoms. The largest absolute Gasteiger partial charge is 0.380 e. The minimum atomic E-state index is -0.232. The van der Waals surface area contributed by atoms with E-state index in [1.807, 2.05) is 18.2 Å². The maximum Gasteiger partial charge on any atom is 0.123 e. The van der Waals surface area contributed by atoms with E-state index in [1.54, 1.807) is 6.07 Å². The lowest BCUT2D eigenvalue weighted by atomic mass is 10.2. The third-order valence-electron chi connectivity index (χ3n) is 2.41. The lowest BCUT2D eigenvalue weighted by Gasteiger charge is -2.10. The molecule has 0 saturated heterocycles. The first-order valence-corrected chi connectivity index (χ1v) is 7.57. The molecular weight excluding hydrogens is 429 g/mol. The number of rotatable bonds is 3. The van der Waals surface area contributed by atoms with Crippen LogP contribution in [0.5, 0.6) is 0 Å². The zero-order valence-electron chi connectivity index (χ0n) is 9.18. The highest BCUT2D eigenvalue weighted by Crippen LogP contribution is 2.27. The quantitative estimate of drug-likeness (QED) is 0.647. The van der Waals surface area contributed by atoms with Crippen molar-refractivity contribution in [3.8, 4) is 0 Å². The summed E-state index contributed by atoms with van der Waals surface area (Å²) < 4.78 is 16.0. The first kappa shape index (κ1) is 14.0. The number of benzene rings is 2. The van der Waals surface area contributed by atoms with Crippen LogP contribution in [0, 0.1) is 5.82 Å². The fourth-order valence-electron chi connectivity index (χ4n) is 1.50. The maximum atomic E-state index is 13.1. The van der Waals surface area contributed by atoms with Gasteiger partial charge >= 0.3 is 0 Å². The minimum absolute atomic E-state index is 0.232. The van der Waals surface area contributed by atoms with E-state index in [0.717, 1.165) is 24.7 Å². The summed E-state index contributed by atoms with van der Waals surface area (Å²) in [5.74, 6) is -0.232. The summed E-state index contributed by atoms with van der Waals surface area (Å²) >= 11 is 10.3. The van der Waals surface area contributed by atoms with E-state index in [2.05, 4.69) is 53.1 Å². The Labute approximate surface area is 130 Å². The molecule has 0 aliphatic heterocycles. The maximum absolute atomic E-state index is 13.1. The van der Waals surface area contributed by atoms with E-state index < -0.39 is 0 Å². The van der Waals surface area contributed by atoms with E-state index in [0.29, 0.717) is 6.54 Å². The number of hydrogen-bond donors (Lipinski definition) is 1. The van der Waals surface area contributed by atoms with Crippen molar-refractivity contribution >= 4 is 53.5 Å². The van der Waals surface area contributed by atoms with Crippen LogP contribution in [0.25, 0.3) is 0 Å². The van der Waals surface area contributed by atoms with E-state index in [-0.39, 0.29) is 5.82 Å². The molecular formula is C13H9Br3FN. The molecule has 0 aliphatic carbocycles. The average molecular weight is 438 g/mol. The summed E-state index contributed by atoms with van der Waals surface area (Å²) in [5.41, 5.74) is 1.85. The van der Waals surface area contributed by atoms with Gasteiger partial charge in [0.2, 0.25) is 0 Å². The van der Waals surface area contributed by atoms with Crippen molar-refractivity contribution in [1.29, 1.82) is 0 Å². The first-order valence-electron chi connectivity index (χ1n) is 5.19. The third kappa shape index (κ3) is 3.56. The first-order chi connectivity index (χ1) is 8.56. The zero-order valence-corrected chi connectivity index (χ0v) is 13.9. The van der Waals surface area contributed by atoms with Gasteiger partial charge in [-0.1, -0.05) is 31.9 Å². The molecule has 0 unspecified atom stereocenters. The van der Waals surface area contributed by atoms with Gasteiger partial charge in [0.15, 0.2) is 0 Å². The summed E-state index contributed by atoms with van der Waals surface area (Å²) in [4.78, 5) is 0. The molecule has 0 amide bonds. The molecule has 1 nitrogen and oxygen atoms in total. The Kier molecular flexibility index (Phi) is 4.81. The summed E-state index contributed by atoms with van der Waals surface area (Å²) in [7, 11) is 0. The molecule has 2 rings (SSSR count). The summed E-state index contributed by atoms with van der Waals surface area (Å²) in [6.07, 6.45) is 0. The van der Waals surface area contributed by atoms with Crippen molar-refractivity contribution in [3.63, 3.8) is 0 Å². The SMILES string of the molecule is Fc1ccc(Br)c(CNc2ccc(Br)cc2Br)c1. The molecule has 0 aromatic heterocycles. The van der Waals surface area contributed by atoms with Gasteiger partial charge in [0.1, 0.15) is 5.82 Å².